The van der Waals surface area contributed by atoms with E-state index in [0.29, 0.717) is 11.3 Å². The Kier molecular flexibility index (Phi) is 4.35. The summed E-state index contributed by atoms with van der Waals surface area (Å²) in [5, 5.41) is 0.245. The minimum absolute atomic E-state index is 0.0942. The van der Waals surface area contributed by atoms with Gasteiger partial charge in [-0.05, 0) is 31.2 Å². The fourth-order valence-electron chi connectivity index (χ4n) is 1.65. The van der Waals surface area contributed by atoms with E-state index < -0.39 is 11.6 Å². The molecule has 2 nitrogen and oxygen atoms in total. The van der Waals surface area contributed by atoms with Crippen LogP contribution in [-0.2, 0) is 6.61 Å². The summed E-state index contributed by atoms with van der Waals surface area (Å²) in [6.45, 7) is 1.27. The van der Waals surface area contributed by atoms with Crippen molar-refractivity contribution < 1.29 is 18.3 Å². The third-order valence-electron chi connectivity index (χ3n) is 2.75. The third-order valence-corrected chi connectivity index (χ3v) is 3.05. The summed E-state index contributed by atoms with van der Waals surface area (Å²) in [7, 11) is 0. The predicted molar refractivity (Wildman–Crippen MR) is 72.1 cm³/mol. The van der Waals surface area contributed by atoms with Crippen molar-refractivity contribution in [3.63, 3.8) is 0 Å². The molecule has 0 aliphatic carbocycles. The summed E-state index contributed by atoms with van der Waals surface area (Å²) in [5.41, 5.74) is 0.552. The highest BCUT2D eigenvalue weighted by Gasteiger charge is 2.10. The van der Waals surface area contributed by atoms with Crippen LogP contribution in [0.25, 0.3) is 0 Å². The molecule has 0 saturated heterocycles. The highest BCUT2D eigenvalue weighted by Crippen LogP contribution is 2.27. The van der Waals surface area contributed by atoms with Gasteiger partial charge in [-0.1, -0.05) is 23.7 Å². The molecule has 2 aromatic rings. The van der Waals surface area contributed by atoms with Gasteiger partial charge in [-0.3, -0.25) is 4.79 Å². The van der Waals surface area contributed by atoms with Crippen LogP contribution >= 0.6 is 11.6 Å². The smallest absolute Gasteiger partial charge is 0.165 e. The Balaban J connectivity index is 2.15. The molecule has 0 spiro atoms. The highest BCUT2D eigenvalue weighted by molar-refractivity contribution is 6.32. The lowest BCUT2D eigenvalue weighted by Crippen LogP contribution is -2.01. The highest BCUT2D eigenvalue weighted by atomic mass is 35.5. The van der Waals surface area contributed by atoms with Crippen LogP contribution in [0.5, 0.6) is 5.75 Å². The van der Waals surface area contributed by atoms with Crippen molar-refractivity contribution in [2.75, 3.05) is 0 Å². The number of ketones is 1. The van der Waals surface area contributed by atoms with Crippen LogP contribution in [0.1, 0.15) is 22.8 Å². The fraction of sp³-hybridized carbons (Fsp3) is 0.133. The lowest BCUT2D eigenvalue weighted by molar-refractivity contribution is 0.101. The van der Waals surface area contributed by atoms with Gasteiger partial charge in [0.1, 0.15) is 12.4 Å². The van der Waals surface area contributed by atoms with E-state index >= 15 is 0 Å². The number of ether oxygens (including phenoxy) is 1. The molecule has 2 aromatic carbocycles. The van der Waals surface area contributed by atoms with Crippen LogP contribution in [0.4, 0.5) is 8.78 Å². The Hall–Kier alpha value is -1.94. The predicted octanol–water partition coefficient (Wildman–Crippen LogP) is 4.40. The van der Waals surface area contributed by atoms with E-state index in [4.69, 9.17) is 16.3 Å². The summed E-state index contributed by atoms with van der Waals surface area (Å²) < 4.78 is 31.8. The Labute approximate surface area is 119 Å². The Morgan fingerprint density at radius 2 is 2.00 bits per heavy atom. The number of hydrogen-bond donors (Lipinski definition) is 0. The number of hydrogen-bond acceptors (Lipinski definition) is 2. The van der Waals surface area contributed by atoms with Gasteiger partial charge in [0.15, 0.2) is 17.4 Å². The topological polar surface area (TPSA) is 26.3 Å². The van der Waals surface area contributed by atoms with Gasteiger partial charge in [0, 0.05) is 11.1 Å². The summed E-state index contributed by atoms with van der Waals surface area (Å²) in [6, 6.07) is 8.42. The SMILES string of the molecule is CC(=O)c1ccc(OCc2cccc(F)c2F)c(Cl)c1. The summed E-state index contributed by atoms with van der Waals surface area (Å²) in [6.07, 6.45) is 0. The first-order valence-electron chi connectivity index (χ1n) is 5.85. The standard InChI is InChI=1S/C15H11ClF2O2/c1-9(19)10-5-6-14(12(16)7-10)20-8-11-3-2-4-13(17)15(11)18/h2-7H,8H2,1H3. The first-order chi connectivity index (χ1) is 9.49. The molecular weight excluding hydrogens is 286 g/mol. The number of carbonyl (C=O) groups is 1. The van der Waals surface area contributed by atoms with Crippen molar-refractivity contribution in [3.05, 3.63) is 64.2 Å². The quantitative estimate of drug-likeness (QED) is 0.782. The molecule has 20 heavy (non-hydrogen) atoms. The van der Waals surface area contributed by atoms with Crippen LogP contribution in [-0.4, -0.2) is 5.78 Å². The molecule has 0 aromatic heterocycles. The molecule has 0 atom stereocenters. The van der Waals surface area contributed by atoms with Gasteiger partial charge >= 0.3 is 0 Å². The molecule has 0 heterocycles. The van der Waals surface area contributed by atoms with Gasteiger partial charge in [-0.15, -0.1) is 0 Å². The van der Waals surface area contributed by atoms with Crippen molar-refractivity contribution in [3.8, 4) is 5.75 Å². The molecule has 0 aliphatic heterocycles. The van der Waals surface area contributed by atoms with E-state index in [2.05, 4.69) is 0 Å². The van der Waals surface area contributed by atoms with Gasteiger partial charge < -0.3 is 4.74 Å². The molecule has 2 rings (SSSR count). The Morgan fingerprint density at radius 1 is 1.25 bits per heavy atom. The lowest BCUT2D eigenvalue weighted by Gasteiger charge is -2.09. The van der Waals surface area contributed by atoms with E-state index in [1.165, 1.54) is 31.2 Å². The van der Waals surface area contributed by atoms with Crippen LogP contribution in [0.2, 0.25) is 5.02 Å². The largest absolute Gasteiger partial charge is 0.487 e. The molecule has 0 saturated carbocycles. The van der Waals surface area contributed by atoms with Gasteiger partial charge in [0.05, 0.1) is 5.02 Å². The first-order valence-corrected chi connectivity index (χ1v) is 6.23. The maximum atomic E-state index is 13.4. The number of carbonyl (C=O) groups excluding carboxylic acids is 1. The van der Waals surface area contributed by atoms with Gasteiger partial charge in [-0.2, -0.15) is 0 Å². The monoisotopic (exact) mass is 296 g/mol. The molecule has 0 bridgehead atoms. The number of halogens is 3. The second-order valence-electron chi connectivity index (χ2n) is 4.20. The average molecular weight is 297 g/mol. The molecule has 0 radical (unpaired) electrons. The van der Waals surface area contributed by atoms with Crippen molar-refractivity contribution >= 4 is 17.4 Å². The molecule has 0 unspecified atom stereocenters. The lowest BCUT2D eigenvalue weighted by atomic mass is 10.1. The van der Waals surface area contributed by atoms with E-state index in [9.17, 15) is 13.6 Å². The fourth-order valence-corrected chi connectivity index (χ4v) is 1.89. The molecule has 104 valence electrons. The summed E-state index contributed by atoms with van der Waals surface area (Å²) in [4.78, 5) is 11.2. The second kappa shape index (κ2) is 6.01. The van der Waals surface area contributed by atoms with E-state index in [0.717, 1.165) is 6.07 Å². The number of Topliss-reactive ketones (excluding diaryl/α,β-unsaturated/α-hetero) is 1. The molecular formula is C15H11ClF2O2. The first kappa shape index (κ1) is 14.5. The molecule has 0 fully saturated rings. The van der Waals surface area contributed by atoms with Crippen molar-refractivity contribution in [2.24, 2.45) is 0 Å². The maximum absolute atomic E-state index is 13.4. The van der Waals surface area contributed by atoms with Gasteiger partial charge in [-0.25, -0.2) is 8.78 Å². The van der Waals surface area contributed by atoms with Crippen LogP contribution in [0.3, 0.4) is 0 Å². The number of benzene rings is 2. The zero-order chi connectivity index (χ0) is 14.7. The van der Waals surface area contributed by atoms with Crippen LogP contribution < -0.4 is 4.74 Å². The second-order valence-corrected chi connectivity index (χ2v) is 4.61. The minimum Gasteiger partial charge on any atom is -0.487 e. The van der Waals surface area contributed by atoms with Crippen LogP contribution in [0.15, 0.2) is 36.4 Å². The van der Waals surface area contributed by atoms with E-state index in [1.807, 2.05) is 0 Å². The van der Waals surface area contributed by atoms with Crippen molar-refractivity contribution in [2.45, 2.75) is 13.5 Å². The molecule has 0 aliphatic rings. The maximum Gasteiger partial charge on any atom is 0.165 e. The number of rotatable bonds is 4. The van der Waals surface area contributed by atoms with Gasteiger partial charge in [0.2, 0.25) is 0 Å². The normalized spacial score (nSPS) is 10.4. The Bertz CT molecular complexity index is 656. The van der Waals surface area contributed by atoms with E-state index in [1.54, 1.807) is 6.07 Å². The minimum atomic E-state index is -0.941. The summed E-state index contributed by atoms with van der Waals surface area (Å²) in [5.74, 6) is -1.68. The zero-order valence-corrected chi connectivity index (χ0v) is 11.4. The van der Waals surface area contributed by atoms with Crippen molar-refractivity contribution in [1.29, 1.82) is 0 Å². The van der Waals surface area contributed by atoms with Gasteiger partial charge in [0.25, 0.3) is 0 Å². The molecule has 0 N–H and O–H groups in total. The molecule has 5 heteroatoms. The molecule has 0 amide bonds. The van der Waals surface area contributed by atoms with Crippen LogP contribution in [0, 0.1) is 11.6 Å². The average Bonchev–Trinajstić information content (AvgIpc) is 2.41. The Morgan fingerprint density at radius 3 is 2.65 bits per heavy atom. The van der Waals surface area contributed by atoms with Crippen molar-refractivity contribution in [1.82, 2.24) is 0 Å². The van der Waals surface area contributed by atoms with E-state index in [-0.39, 0.29) is 23.0 Å². The summed E-state index contributed by atoms with van der Waals surface area (Å²) >= 11 is 5.97. The third kappa shape index (κ3) is 3.14. The zero-order valence-electron chi connectivity index (χ0n) is 10.6.